The molecule has 1 unspecified atom stereocenters. The van der Waals surface area contributed by atoms with Gasteiger partial charge in [-0.15, -0.1) is 0 Å². The maximum Gasteiger partial charge on any atom is 0.401 e. The molecular weight excluding hydrogens is 261 g/mol. The molecule has 0 radical (unpaired) electrons. The number of fused-ring (bicyclic) bond motifs is 1. The lowest BCUT2D eigenvalue weighted by molar-refractivity contribution is -0.166. The third-order valence-electron chi connectivity index (χ3n) is 2.25. The van der Waals surface area contributed by atoms with Crippen LogP contribution in [0, 0.1) is 0 Å². The van der Waals surface area contributed by atoms with Crippen LogP contribution in [0.4, 0.5) is 19.0 Å². The minimum absolute atomic E-state index is 0.0709. The standard InChI is InChI=1S/C8H8ClF3N4O/c9-5-4-1-16(2-8(10,11)12)7(17)15-6(4)14-3-13-5/h3,7,17H,1-2H2,(H,13,14,15). The summed E-state index contributed by atoms with van der Waals surface area (Å²) in [5.74, 6) is 0.246. The normalized spacial score (nSPS) is 20.9. The van der Waals surface area contributed by atoms with Crippen molar-refractivity contribution in [3.63, 3.8) is 0 Å². The Morgan fingerprint density at radius 2 is 2.24 bits per heavy atom. The van der Waals surface area contributed by atoms with E-state index in [2.05, 4.69) is 15.3 Å². The average molecular weight is 269 g/mol. The molecule has 0 saturated carbocycles. The van der Waals surface area contributed by atoms with E-state index < -0.39 is 19.1 Å². The van der Waals surface area contributed by atoms with Crippen molar-refractivity contribution in [2.24, 2.45) is 0 Å². The first-order valence-electron chi connectivity index (χ1n) is 4.61. The predicted octanol–water partition coefficient (Wildman–Crippen LogP) is 1.20. The molecule has 9 heteroatoms. The van der Waals surface area contributed by atoms with Crippen LogP contribution in [0.3, 0.4) is 0 Å². The van der Waals surface area contributed by atoms with Crippen molar-refractivity contribution in [1.29, 1.82) is 0 Å². The molecule has 1 atom stereocenters. The van der Waals surface area contributed by atoms with Crippen molar-refractivity contribution >= 4 is 17.4 Å². The van der Waals surface area contributed by atoms with Gasteiger partial charge in [-0.2, -0.15) is 13.2 Å². The number of nitrogens with one attached hydrogen (secondary N) is 1. The Kier molecular flexibility index (Phi) is 3.11. The summed E-state index contributed by atoms with van der Waals surface area (Å²) in [6, 6.07) is 0. The second kappa shape index (κ2) is 4.28. The zero-order chi connectivity index (χ0) is 12.6. The number of aliphatic hydroxyl groups excluding tert-OH is 1. The Bertz CT molecular complexity index is 428. The maximum absolute atomic E-state index is 12.2. The van der Waals surface area contributed by atoms with Crippen LogP contribution >= 0.6 is 11.6 Å². The van der Waals surface area contributed by atoms with Crippen LogP contribution in [0.25, 0.3) is 0 Å². The van der Waals surface area contributed by atoms with Crippen molar-refractivity contribution in [3.05, 3.63) is 17.0 Å². The van der Waals surface area contributed by atoms with E-state index in [1.165, 1.54) is 6.33 Å². The molecule has 1 aromatic heterocycles. The second-order valence-corrected chi connectivity index (χ2v) is 3.89. The molecule has 2 N–H and O–H groups in total. The monoisotopic (exact) mass is 268 g/mol. The number of nitrogens with zero attached hydrogens (tertiary/aromatic N) is 3. The van der Waals surface area contributed by atoms with Crippen LogP contribution in [0.1, 0.15) is 5.56 Å². The zero-order valence-electron chi connectivity index (χ0n) is 8.37. The van der Waals surface area contributed by atoms with Crippen molar-refractivity contribution in [2.45, 2.75) is 19.1 Å². The van der Waals surface area contributed by atoms with E-state index in [0.717, 1.165) is 4.90 Å². The van der Waals surface area contributed by atoms with Crippen molar-refractivity contribution in [1.82, 2.24) is 14.9 Å². The summed E-state index contributed by atoms with van der Waals surface area (Å²) < 4.78 is 36.7. The molecule has 0 spiro atoms. The van der Waals surface area contributed by atoms with Crippen molar-refractivity contribution in [2.75, 3.05) is 11.9 Å². The van der Waals surface area contributed by atoms with Gasteiger partial charge in [-0.05, 0) is 0 Å². The van der Waals surface area contributed by atoms with Crippen LogP contribution in [0.5, 0.6) is 0 Å². The lowest BCUT2D eigenvalue weighted by atomic mass is 10.2. The molecule has 0 fully saturated rings. The molecule has 94 valence electrons. The number of aliphatic hydroxyl groups is 1. The third-order valence-corrected chi connectivity index (χ3v) is 2.57. The van der Waals surface area contributed by atoms with Crippen molar-refractivity contribution < 1.29 is 18.3 Å². The van der Waals surface area contributed by atoms with Gasteiger partial charge in [-0.3, -0.25) is 0 Å². The van der Waals surface area contributed by atoms with Gasteiger partial charge < -0.3 is 10.4 Å². The lowest BCUT2D eigenvalue weighted by Gasteiger charge is -2.34. The Hall–Kier alpha value is -1.12. The smallest absolute Gasteiger partial charge is 0.361 e. The van der Waals surface area contributed by atoms with E-state index >= 15 is 0 Å². The molecule has 17 heavy (non-hydrogen) atoms. The quantitative estimate of drug-likeness (QED) is 0.750. The van der Waals surface area contributed by atoms with Gasteiger partial charge in [0.2, 0.25) is 0 Å². The minimum Gasteiger partial charge on any atom is -0.361 e. The van der Waals surface area contributed by atoms with Gasteiger partial charge in [0, 0.05) is 12.1 Å². The lowest BCUT2D eigenvalue weighted by Crippen LogP contribution is -2.48. The Morgan fingerprint density at radius 1 is 1.53 bits per heavy atom. The fourth-order valence-electron chi connectivity index (χ4n) is 1.53. The molecule has 0 saturated heterocycles. The summed E-state index contributed by atoms with van der Waals surface area (Å²) in [6.07, 6.45) is -4.68. The van der Waals surface area contributed by atoms with Crippen LogP contribution in [0.15, 0.2) is 6.33 Å². The summed E-state index contributed by atoms with van der Waals surface area (Å²) in [5, 5.41) is 12.0. The van der Waals surface area contributed by atoms with Crippen LogP contribution < -0.4 is 5.32 Å². The van der Waals surface area contributed by atoms with Crippen LogP contribution in [0.2, 0.25) is 5.15 Å². The Balaban J connectivity index is 2.23. The molecule has 2 heterocycles. The summed E-state index contributed by atoms with van der Waals surface area (Å²) >= 11 is 5.75. The summed E-state index contributed by atoms with van der Waals surface area (Å²) in [5.41, 5.74) is 0.337. The number of alkyl halides is 3. The Labute approximate surface area is 99.2 Å². The van der Waals surface area contributed by atoms with Crippen LogP contribution in [-0.4, -0.2) is 39.0 Å². The fourth-order valence-corrected chi connectivity index (χ4v) is 1.72. The number of anilines is 1. The van der Waals surface area contributed by atoms with Gasteiger partial charge in [0.1, 0.15) is 17.3 Å². The van der Waals surface area contributed by atoms with Gasteiger partial charge in [0.15, 0.2) is 6.35 Å². The molecule has 2 rings (SSSR count). The molecule has 5 nitrogen and oxygen atoms in total. The van der Waals surface area contributed by atoms with Gasteiger partial charge >= 0.3 is 6.18 Å². The highest BCUT2D eigenvalue weighted by Crippen LogP contribution is 2.29. The number of halogens is 4. The van der Waals surface area contributed by atoms with Gasteiger partial charge in [0.05, 0.1) is 6.54 Å². The average Bonchev–Trinajstić information content (AvgIpc) is 2.18. The highest BCUT2D eigenvalue weighted by atomic mass is 35.5. The number of hydrogen-bond acceptors (Lipinski definition) is 5. The SMILES string of the molecule is OC1Nc2ncnc(Cl)c2CN1CC(F)(F)F. The Morgan fingerprint density at radius 3 is 2.88 bits per heavy atom. The van der Waals surface area contributed by atoms with Gasteiger partial charge in [-0.1, -0.05) is 11.6 Å². The molecule has 1 aromatic rings. The first kappa shape index (κ1) is 12.3. The minimum atomic E-state index is -4.40. The topological polar surface area (TPSA) is 61.3 Å². The summed E-state index contributed by atoms with van der Waals surface area (Å²) in [4.78, 5) is 8.25. The molecule has 0 amide bonds. The van der Waals surface area contributed by atoms with Gasteiger partial charge in [-0.25, -0.2) is 14.9 Å². The van der Waals surface area contributed by atoms with E-state index in [9.17, 15) is 18.3 Å². The first-order valence-corrected chi connectivity index (χ1v) is 4.99. The third kappa shape index (κ3) is 2.76. The molecule has 1 aliphatic rings. The van der Waals surface area contributed by atoms with Crippen molar-refractivity contribution in [3.8, 4) is 0 Å². The number of hydrogen-bond donors (Lipinski definition) is 2. The highest BCUT2D eigenvalue weighted by Gasteiger charge is 2.36. The van der Waals surface area contributed by atoms with E-state index in [-0.39, 0.29) is 17.5 Å². The molecule has 0 aliphatic carbocycles. The zero-order valence-corrected chi connectivity index (χ0v) is 9.13. The highest BCUT2D eigenvalue weighted by molar-refractivity contribution is 6.30. The van der Waals surface area contributed by atoms with Crippen LogP contribution in [-0.2, 0) is 6.54 Å². The van der Waals surface area contributed by atoms with E-state index in [0.29, 0.717) is 5.56 Å². The number of aromatic nitrogens is 2. The van der Waals surface area contributed by atoms with Gasteiger partial charge in [0.25, 0.3) is 0 Å². The summed E-state index contributed by atoms with van der Waals surface area (Å²) in [6.45, 7) is -1.41. The second-order valence-electron chi connectivity index (χ2n) is 3.53. The first-order chi connectivity index (χ1) is 7.87. The largest absolute Gasteiger partial charge is 0.401 e. The molecule has 0 aromatic carbocycles. The summed E-state index contributed by atoms with van der Waals surface area (Å²) in [7, 11) is 0. The number of rotatable bonds is 1. The fraction of sp³-hybridized carbons (Fsp3) is 0.500. The molecule has 0 bridgehead atoms. The maximum atomic E-state index is 12.2. The molecule has 1 aliphatic heterocycles. The predicted molar refractivity (Wildman–Crippen MR) is 53.1 cm³/mol. The van der Waals surface area contributed by atoms with E-state index in [4.69, 9.17) is 11.6 Å². The van der Waals surface area contributed by atoms with E-state index in [1.807, 2.05) is 0 Å². The molecular formula is C8H8ClF3N4O. The van der Waals surface area contributed by atoms with E-state index in [1.54, 1.807) is 0 Å².